The molecule has 0 aliphatic rings. The Kier molecular flexibility index (Phi) is 7.41. The Morgan fingerprint density at radius 2 is 1.70 bits per heavy atom. The van der Waals surface area contributed by atoms with E-state index in [1.807, 2.05) is 63.2 Å². The molecule has 0 aliphatic carbocycles. The summed E-state index contributed by atoms with van der Waals surface area (Å²) in [4.78, 5) is 25.3. The summed E-state index contributed by atoms with van der Waals surface area (Å²) in [6.45, 7) is 5.89. The van der Waals surface area contributed by atoms with Crippen LogP contribution in [0.2, 0.25) is 0 Å². The normalized spacial score (nSPS) is 11.6. The number of aryl methyl sites for hydroxylation is 2. The van der Waals surface area contributed by atoms with Crippen LogP contribution in [0.1, 0.15) is 36.5 Å². The van der Waals surface area contributed by atoms with Gasteiger partial charge >= 0.3 is 5.97 Å². The molecule has 0 radical (unpaired) electrons. The van der Waals surface area contributed by atoms with Gasteiger partial charge < -0.3 is 14.8 Å². The second-order valence-corrected chi connectivity index (χ2v) is 6.56. The van der Waals surface area contributed by atoms with Crippen molar-refractivity contribution in [3.8, 4) is 5.75 Å². The molecule has 1 amide bonds. The minimum absolute atomic E-state index is 0.160. The zero-order valence-corrected chi connectivity index (χ0v) is 16.4. The van der Waals surface area contributed by atoms with Crippen LogP contribution < -0.4 is 10.1 Å². The molecule has 0 saturated carbocycles. The monoisotopic (exact) mass is 369 g/mol. The summed E-state index contributed by atoms with van der Waals surface area (Å²) in [5.41, 5.74) is 3.36. The molecule has 1 N–H and O–H groups in total. The second-order valence-electron chi connectivity index (χ2n) is 6.56. The first kappa shape index (κ1) is 20.5. The highest BCUT2D eigenvalue weighted by Gasteiger charge is 2.28. The molecule has 0 heterocycles. The summed E-state index contributed by atoms with van der Waals surface area (Å²) in [6.07, 6.45) is 1.15. The van der Waals surface area contributed by atoms with Crippen LogP contribution in [0, 0.1) is 19.8 Å². The standard InChI is InChI=1S/C22H27NO4/c1-5-9-19(22(25)27-14-17-10-7-6-8-11-17)21(24)23-20-15(2)12-18(26-4)13-16(20)3/h6-8,10-13,19H,5,9,14H2,1-4H3,(H,23,24). The fourth-order valence-corrected chi connectivity index (χ4v) is 2.92. The van der Waals surface area contributed by atoms with E-state index in [9.17, 15) is 9.59 Å². The van der Waals surface area contributed by atoms with Gasteiger partial charge in [0.2, 0.25) is 5.91 Å². The molecule has 5 heteroatoms. The van der Waals surface area contributed by atoms with E-state index in [2.05, 4.69) is 5.32 Å². The zero-order chi connectivity index (χ0) is 19.8. The molecule has 0 aromatic heterocycles. The van der Waals surface area contributed by atoms with Crippen molar-refractivity contribution in [1.82, 2.24) is 0 Å². The van der Waals surface area contributed by atoms with Crippen molar-refractivity contribution in [1.29, 1.82) is 0 Å². The van der Waals surface area contributed by atoms with Gasteiger partial charge in [-0.2, -0.15) is 0 Å². The van der Waals surface area contributed by atoms with E-state index in [1.54, 1.807) is 7.11 Å². The Morgan fingerprint density at radius 1 is 1.07 bits per heavy atom. The fraction of sp³-hybridized carbons (Fsp3) is 0.364. The van der Waals surface area contributed by atoms with Gasteiger partial charge in [0.05, 0.1) is 7.11 Å². The molecule has 144 valence electrons. The molecule has 1 unspecified atom stereocenters. The Morgan fingerprint density at radius 3 is 2.26 bits per heavy atom. The van der Waals surface area contributed by atoms with Gasteiger partial charge in [0.1, 0.15) is 18.3 Å². The first-order valence-electron chi connectivity index (χ1n) is 9.13. The van der Waals surface area contributed by atoms with E-state index < -0.39 is 11.9 Å². The van der Waals surface area contributed by atoms with Gasteiger partial charge in [-0.05, 0) is 49.1 Å². The van der Waals surface area contributed by atoms with E-state index in [0.717, 1.165) is 22.4 Å². The molecule has 2 aromatic rings. The average Bonchev–Trinajstić information content (AvgIpc) is 2.67. The summed E-state index contributed by atoms with van der Waals surface area (Å²) in [5, 5.41) is 2.90. The number of anilines is 1. The SMILES string of the molecule is CCCC(C(=O)Nc1c(C)cc(OC)cc1C)C(=O)OCc1ccccc1. The summed E-state index contributed by atoms with van der Waals surface area (Å²) >= 11 is 0. The number of amides is 1. The highest BCUT2D eigenvalue weighted by atomic mass is 16.5. The largest absolute Gasteiger partial charge is 0.497 e. The van der Waals surface area contributed by atoms with E-state index in [-0.39, 0.29) is 12.5 Å². The number of ether oxygens (including phenoxy) is 2. The lowest BCUT2D eigenvalue weighted by atomic mass is 10.0. The van der Waals surface area contributed by atoms with E-state index >= 15 is 0 Å². The molecule has 0 spiro atoms. The predicted octanol–water partition coefficient (Wildman–Crippen LogP) is 4.41. The van der Waals surface area contributed by atoms with Crippen molar-refractivity contribution in [2.45, 2.75) is 40.2 Å². The third kappa shape index (κ3) is 5.58. The van der Waals surface area contributed by atoms with Crippen LogP contribution in [0.3, 0.4) is 0 Å². The van der Waals surface area contributed by atoms with Crippen LogP contribution in [0.4, 0.5) is 5.69 Å². The summed E-state index contributed by atoms with van der Waals surface area (Å²) in [6, 6.07) is 13.1. The number of rotatable bonds is 8. The number of hydrogen-bond acceptors (Lipinski definition) is 4. The molecule has 2 rings (SSSR count). The van der Waals surface area contributed by atoms with Crippen LogP contribution in [-0.2, 0) is 20.9 Å². The fourth-order valence-electron chi connectivity index (χ4n) is 2.92. The molecule has 0 saturated heterocycles. The van der Waals surface area contributed by atoms with E-state index in [1.165, 1.54) is 0 Å². The molecule has 2 aromatic carbocycles. The van der Waals surface area contributed by atoms with Crippen LogP contribution in [0.25, 0.3) is 0 Å². The lowest BCUT2D eigenvalue weighted by molar-refractivity contribution is -0.152. The zero-order valence-electron chi connectivity index (χ0n) is 16.4. The second kappa shape index (κ2) is 9.76. The number of carbonyl (C=O) groups is 2. The smallest absolute Gasteiger partial charge is 0.318 e. The van der Waals surface area contributed by atoms with Crippen LogP contribution in [-0.4, -0.2) is 19.0 Å². The van der Waals surface area contributed by atoms with E-state index in [4.69, 9.17) is 9.47 Å². The highest BCUT2D eigenvalue weighted by molar-refractivity contribution is 6.05. The highest BCUT2D eigenvalue weighted by Crippen LogP contribution is 2.27. The average molecular weight is 369 g/mol. The lowest BCUT2D eigenvalue weighted by Gasteiger charge is -2.18. The molecule has 5 nitrogen and oxygen atoms in total. The van der Waals surface area contributed by atoms with Gasteiger partial charge in [0.25, 0.3) is 0 Å². The van der Waals surface area contributed by atoms with Crippen LogP contribution >= 0.6 is 0 Å². The van der Waals surface area contributed by atoms with Crippen molar-refractivity contribution < 1.29 is 19.1 Å². The molecule has 0 bridgehead atoms. The number of carbonyl (C=O) groups excluding carboxylic acids is 2. The van der Waals surface area contributed by atoms with E-state index in [0.29, 0.717) is 18.5 Å². The minimum Gasteiger partial charge on any atom is -0.497 e. The Balaban J connectivity index is 2.09. The number of methoxy groups -OCH3 is 1. The summed E-state index contributed by atoms with van der Waals surface area (Å²) < 4.78 is 10.6. The van der Waals surface area contributed by atoms with Gasteiger partial charge in [0.15, 0.2) is 0 Å². The Hall–Kier alpha value is -2.82. The van der Waals surface area contributed by atoms with Gasteiger partial charge in [-0.25, -0.2) is 0 Å². The lowest BCUT2D eigenvalue weighted by Crippen LogP contribution is -2.31. The topological polar surface area (TPSA) is 64.6 Å². The molecule has 1 atom stereocenters. The number of esters is 1. The number of nitrogens with one attached hydrogen (secondary N) is 1. The van der Waals surface area contributed by atoms with Gasteiger partial charge in [-0.1, -0.05) is 43.7 Å². The summed E-state index contributed by atoms with van der Waals surface area (Å²) in [5.74, 6) is -0.941. The summed E-state index contributed by atoms with van der Waals surface area (Å²) in [7, 11) is 1.60. The molecule has 0 fully saturated rings. The van der Waals surface area contributed by atoms with Gasteiger partial charge in [-0.15, -0.1) is 0 Å². The Labute approximate surface area is 160 Å². The molecule has 27 heavy (non-hydrogen) atoms. The predicted molar refractivity (Wildman–Crippen MR) is 106 cm³/mol. The maximum absolute atomic E-state index is 12.8. The van der Waals surface area contributed by atoms with Crippen molar-refractivity contribution in [3.63, 3.8) is 0 Å². The first-order chi connectivity index (χ1) is 13.0. The number of benzene rings is 2. The maximum atomic E-state index is 12.8. The van der Waals surface area contributed by atoms with Gasteiger partial charge in [0, 0.05) is 5.69 Å². The van der Waals surface area contributed by atoms with Crippen molar-refractivity contribution in [3.05, 3.63) is 59.2 Å². The number of hydrogen-bond donors (Lipinski definition) is 1. The van der Waals surface area contributed by atoms with Crippen molar-refractivity contribution in [2.24, 2.45) is 5.92 Å². The third-order valence-corrected chi connectivity index (χ3v) is 4.39. The minimum atomic E-state index is -0.834. The van der Waals surface area contributed by atoms with Crippen LogP contribution in [0.15, 0.2) is 42.5 Å². The molecule has 0 aliphatic heterocycles. The molecular formula is C22H27NO4. The van der Waals surface area contributed by atoms with Crippen molar-refractivity contribution >= 4 is 17.6 Å². The maximum Gasteiger partial charge on any atom is 0.318 e. The third-order valence-electron chi connectivity index (χ3n) is 4.39. The quantitative estimate of drug-likeness (QED) is 0.553. The molecular weight excluding hydrogens is 342 g/mol. The van der Waals surface area contributed by atoms with Crippen molar-refractivity contribution in [2.75, 3.05) is 12.4 Å². The Bertz CT molecular complexity index is 763. The van der Waals surface area contributed by atoms with Gasteiger partial charge in [-0.3, -0.25) is 9.59 Å². The first-order valence-corrected chi connectivity index (χ1v) is 9.13. The van der Waals surface area contributed by atoms with Crippen LogP contribution in [0.5, 0.6) is 5.75 Å².